The van der Waals surface area contributed by atoms with Crippen LogP contribution in [0.2, 0.25) is 0 Å². The third-order valence-corrected chi connectivity index (χ3v) is 3.80. The van der Waals surface area contributed by atoms with Gasteiger partial charge in [-0.25, -0.2) is 0 Å². The molecule has 0 radical (unpaired) electrons. The third kappa shape index (κ3) is 3.30. The number of carbonyl (C=O) groups is 2. The molecule has 0 aliphatic heterocycles. The summed E-state index contributed by atoms with van der Waals surface area (Å²) in [6.45, 7) is 3.73. The van der Waals surface area contributed by atoms with Gasteiger partial charge in [0.25, 0.3) is 5.91 Å². The minimum absolute atomic E-state index is 0.121. The van der Waals surface area contributed by atoms with Crippen LogP contribution in [0, 0.1) is 13.8 Å². The molecule has 24 heavy (non-hydrogen) atoms. The lowest BCUT2D eigenvalue weighted by Gasteiger charge is -2.11. The zero-order valence-electron chi connectivity index (χ0n) is 13.6. The third-order valence-electron chi connectivity index (χ3n) is 3.80. The number of hydrogen-bond acceptors (Lipinski definition) is 3. The lowest BCUT2D eigenvalue weighted by Crippen LogP contribution is -2.32. The first kappa shape index (κ1) is 15.8. The van der Waals surface area contributed by atoms with Crippen molar-refractivity contribution in [2.45, 2.75) is 13.8 Å². The summed E-state index contributed by atoms with van der Waals surface area (Å²) < 4.78 is 5.47. The van der Waals surface area contributed by atoms with Crippen molar-refractivity contribution in [2.75, 3.05) is 11.9 Å². The van der Waals surface area contributed by atoms with E-state index >= 15 is 0 Å². The van der Waals surface area contributed by atoms with Crippen LogP contribution in [-0.2, 0) is 4.79 Å². The van der Waals surface area contributed by atoms with Gasteiger partial charge in [-0.1, -0.05) is 36.4 Å². The second-order valence-electron chi connectivity index (χ2n) is 5.65. The van der Waals surface area contributed by atoms with Crippen LogP contribution in [0.3, 0.4) is 0 Å². The molecule has 5 nitrogen and oxygen atoms in total. The fraction of sp³-hybridized carbons (Fsp3) is 0.158. The number of amides is 2. The Hall–Kier alpha value is -3.08. The van der Waals surface area contributed by atoms with Gasteiger partial charge in [0.2, 0.25) is 5.91 Å². The number of rotatable bonds is 4. The van der Waals surface area contributed by atoms with E-state index < -0.39 is 5.91 Å². The highest BCUT2D eigenvalue weighted by atomic mass is 16.3. The Bertz CT molecular complexity index is 859. The van der Waals surface area contributed by atoms with Crippen LogP contribution < -0.4 is 10.6 Å². The van der Waals surface area contributed by atoms with Gasteiger partial charge >= 0.3 is 0 Å². The molecule has 3 rings (SSSR count). The molecular weight excluding hydrogens is 304 g/mol. The molecule has 0 saturated heterocycles. The highest BCUT2D eigenvalue weighted by molar-refractivity contribution is 6.00. The normalized spacial score (nSPS) is 10.6. The van der Waals surface area contributed by atoms with Gasteiger partial charge in [-0.05, 0) is 37.1 Å². The fourth-order valence-corrected chi connectivity index (χ4v) is 2.54. The van der Waals surface area contributed by atoms with Crippen molar-refractivity contribution in [3.8, 4) is 0 Å². The minimum atomic E-state index is -0.414. The predicted molar refractivity (Wildman–Crippen MR) is 93.1 cm³/mol. The molecule has 1 heterocycles. The van der Waals surface area contributed by atoms with E-state index in [4.69, 9.17) is 4.42 Å². The molecule has 0 bridgehead atoms. The van der Waals surface area contributed by atoms with Crippen molar-refractivity contribution < 1.29 is 14.0 Å². The average Bonchev–Trinajstić information content (AvgIpc) is 3.00. The molecule has 0 atom stereocenters. The number of benzene rings is 2. The van der Waals surface area contributed by atoms with Crippen molar-refractivity contribution in [2.24, 2.45) is 0 Å². The SMILES string of the molecule is Cc1cccc(C)c1NC(=O)CNC(=O)c1cc2ccccc2o1. The molecule has 0 fully saturated rings. The van der Waals surface area contributed by atoms with Gasteiger partial charge in [0.1, 0.15) is 5.58 Å². The molecule has 0 aliphatic rings. The van der Waals surface area contributed by atoms with Gasteiger partial charge in [0, 0.05) is 11.1 Å². The van der Waals surface area contributed by atoms with Gasteiger partial charge in [-0.2, -0.15) is 0 Å². The molecule has 2 N–H and O–H groups in total. The fourth-order valence-electron chi connectivity index (χ4n) is 2.54. The quantitative estimate of drug-likeness (QED) is 0.773. The molecule has 5 heteroatoms. The Morgan fingerprint density at radius 2 is 1.71 bits per heavy atom. The van der Waals surface area contributed by atoms with Gasteiger partial charge in [0.05, 0.1) is 6.54 Å². The Morgan fingerprint density at radius 3 is 2.42 bits per heavy atom. The Morgan fingerprint density at radius 1 is 1.00 bits per heavy atom. The standard InChI is InChI=1S/C19H18N2O3/c1-12-6-5-7-13(2)18(12)21-17(22)11-20-19(23)16-10-14-8-3-4-9-15(14)24-16/h3-10H,11H2,1-2H3,(H,20,23)(H,21,22). The number of nitrogens with one attached hydrogen (secondary N) is 2. The molecule has 0 aliphatic carbocycles. The van der Waals surface area contributed by atoms with Crippen LogP contribution in [0.1, 0.15) is 21.7 Å². The highest BCUT2D eigenvalue weighted by Gasteiger charge is 2.14. The van der Waals surface area contributed by atoms with Crippen molar-refractivity contribution in [1.29, 1.82) is 0 Å². The first-order chi connectivity index (χ1) is 11.5. The summed E-state index contributed by atoms with van der Waals surface area (Å²) in [5.41, 5.74) is 3.38. The highest BCUT2D eigenvalue weighted by Crippen LogP contribution is 2.20. The van der Waals surface area contributed by atoms with Crippen molar-refractivity contribution in [3.63, 3.8) is 0 Å². The van der Waals surface area contributed by atoms with Gasteiger partial charge in [-0.3, -0.25) is 9.59 Å². The van der Waals surface area contributed by atoms with Gasteiger partial charge in [0.15, 0.2) is 5.76 Å². The van der Waals surface area contributed by atoms with Gasteiger partial charge < -0.3 is 15.1 Å². The average molecular weight is 322 g/mol. The largest absolute Gasteiger partial charge is 0.451 e. The number of anilines is 1. The van der Waals surface area contributed by atoms with Crippen LogP contribution in [0.5, 0.6) is 0 Å². The van der Waals surface area contributed by atoms with E-state index in [1.165, 1.54) is 0 Å². The molecule has 122 valence electrons. The molecular formula is C19H18N2O3. The summed E-state index contributed by atoms with van der Waals surface area (Å²) in [6, 6.07) is 14.8. The van der Waals surface area contributed by atoms with Crippen molar-refractivity contribution in [3.05, 3.63) is 65.4 Å². The summed E-state index contributed by atoms with van der Waals surface area (Å²) in [5, 5.41) is 6.25. The van der Waals surface area contributed by atoms with Crippen LogP contribution in [-0.4, -0.2) is 18.4 Å². The monoisotopic (exact) mass is 322 g/mol. The predicted octanol–water partition coefficient (Wildman–Crippen LogP) is 3.42. The van der Waals surface area contributed by atoms with E-state index in [2.05, 4.69) is 10.6 Å². The Kier molecular flexibility index (Phi) is 4.33. The first-order valence-corrected chi connectivity index (χ1v) is 7.67. The van der Waals surface area contributed by atoms with E-state index in [1.54, 1.807) is 12.1 Å². The molecule has 0 spiro atoms. The van der Waals surface area contributed by atoms with E-state index in [-0.39, 0.29) is 18.2 Å². The minimum Gasteiger partial charge on any atom is -0.451 e. The molecule has 2 aromatic carbocycles. The number of furan rings is 1. The van der Waals surface area contributed by atoms with E-state index in [1.807, 2.05) is 50.2 Å². The van der Waals surface area contributed by atoms with Crippen LogP contribution in [0.4, 0.5) is 5.69 Å². The molecule has 1 aromatic heterocycles. The molecule has 3 aromatic rings. The number of hydrogen-bond donors (Lipinski definition) is 2. The van der Waals surface area contributed by atoms with Gasteiger partial charge in [-0.15, -0.1) is 0 Å². The van der Waals surface area contributed by atoms with E-state index in [0.717, 1.165) is 22.2 Å². The number of para-hydroxylation sites is 2. The summed E-state index contributed by atoms with van der Waals surface area (Å²) in [6.07, 6.45) is 0. The topological polar surface area (TPSA) is 71.3 Å². The summed E-state index contributed by atoms with van der Waals surface area (Å²) in [4.78, 5) is 24.2. The van der Waals surface area contributed by atoms with E-state index in [0.29, 0.717) is 5.58 Å². The second-order valence-corrected chi connectivity index (χ2v) is 5.65. The van der Waals surface area contributed by atoms with Crippen LogP contribution in [0.25, 0.3) is 11.0 Å². The first-order valence-electron chi connectivity index (χ1n) is 7.67. The summed E-state index contributed by atoms with van der Waals surface area (Å²) in [5.74, 6) is -0.504. The number of fused-ring (bicyclic) bond motifs is 1. The number of aryl methyl sites for hydroxylation is 2. The lowest BCUT2D eigenvalue weighted by atomic mass is 10.1. The summed E-state index contributed by atoms with van der Waals surface area (Å²) in [7, 11) is 0. The number of carbonyl (C=O) groups excluding carboxylic acids is 2. The maximum atomic E-state index is 12.1. The maximum absolute atomic E-state index is 12.1. The van der Waals surface area contributed by atoms with Crippen LogP contribution >= 0.6 is 0 Å². The zero-order chi connectivity index (χ0) is 17.1. The van der Waals surface area contributed by atoms with Crippen molar-refractivity contribution >= 4 is 28.5 Å². The smallest absolute Gasteiger partial charge is 0.287 e. The molecule has 2 amide bonds. The second kappa shape index (κ2) is 6.58. The zero-order valence-corrected chi connectivity index (χ0v) is 13.6. The Labute approximate surface area is 139 Å². The summed E-state index contributed by atoms with van der Waals surface area (Å²) >= 11 is 0. The van der Waals surface area contributed by atoms with E-state index in [9.17, 15) is 9.59 Å². The van der Waals surface area contributed by atoms with Crippen molar-refractivity contribution in [1.82, 2.24) is 5.32 Å². The lowest BCUT2D eigenvalue weighted by molar-refractivity contribution is -0.115. The Balaban J connectivity index is 1.62. The molecule has 0 unspecified atom stereocenters. The molecule has 0 saturated carbocycles. The van der Waals surface area contributed by atoms with Crippen LogP contribution in [0.15, 0.2) is 52.9 Å². The maximum Gasteiger partial charge on any atom is 0.287 e.